The quantitative estimate of drug-likeness (QED) is 0.788. The summed E-state index contributed by atoms with van der Waals surface area (Å²) in [6, 6.07) is 9.58. The molecule has 5 nitrogen and oxygen atoms in total. The number of carbonyl (C=O) groups is 2. The van der Waals surface area contributed by atoms with Crippen molar-refractivity contribution in [3.8, 4) is 0 Å². The van der Waals surface area contributed by atoms with Crippen LogP contribution in [0, 0.1) is 11.8 Å². The summed E-state index contributed by atoms with van der Waals surface area (Å²) < 4.78 is 6.02. The molecular weight excluding hydrogens is 316 g/mol. The Bertz CT molecular complexity index is 602. The Morgan fingerprint density at radius 1 is 1.24 bits per heavy atom. The van der Waals surface area contributed by atoms with Crippen molar-refractivity contribution in [2.75, 3.05) is 13.1 Å². The van der Waals surface area contributed by atoms with Crippen molar-refractivity contribution in [2.45, 2.75) is 51.5 Å². The molecule has 2 aliphatic heterocycles. The zero-order chi connectivity index (χ0) is 17.8. The number of ketones is 2. The van der Waals surface area contributed by atoms with Crippen LogP contribution in [0.25, 0.3) is 0 Å². The van der Waals surface area contributed by atoms with Crippen LogP contribution in [0.15, 0.2) is 30.3 Å². The summed E-state index contributed by atoms with van der Waals surface area (Å²) in [5, 5.41) is 6.53. The summed E-state index contributed by atoms with van der Waals surface area (Å²) >= 11 is 0. The van der Waals surface area contributed by atoms with E-state index in [0.29, 0.717) is 25.5 Å². The number of nitrogens with one attached hydrogen (secondary N) is 2. The molecule has 1 unspecified atom stereocenters. The molecule has 5 heteroatoms. The lowest BCUT2D eigenvalue weighted by Crippen LogP contribution is -2.57. The molecule has 25 heavy (non-hydrogen) atoms. The molecule has 0 saturated carbocycles. The van der Waals surface area contributed by atoms with Crippen LogP contribution in [0.2, 0.25) is 0 Å². The molecular formula is C20H28N2O3. The smallest absolute Gasteiger partial charge is 0.179 e. The van der Waals surface area contributed by atoms with Crippen molar-refractivity contribution < 1.29 is 14.3 Å². The van der Waals surface area contributed by atoms with E-state index in [2.05, 4.69) is 24.5 Å². The Morgan fingerprint density at radius 3 is 2.72 bits per heavy atom. The number of fused-ring (bicyclic) bond motifs is 1. The Morgan fingerprint density at radius 2 is 2.00 bits per heavy atom. The first-order valence-electron chi connectivity index (χ1n) is 9.25. The molecule has 136 valence electrons. The van der Waals surface area contributed by atoms with Gasteiger partial charge in [0.15, 0.2) is 11.6 Å². The van der Waals surface area contributed by atoms with E-state index >= 15 is 0 Å². The van der Waals surface area contributed by atoms with Gasteiger partial charge < -0.3 is 15.4 Å². The van der Waals surface area contributed by atoms with Crippen LogP contribution in [-0.4, -0.2) is 42.8 Å². The zero-order valence-electron chi connectivity index (χ0n) is 15.0. The summed E-state index contributed by atoms with van der Waals surface area (Å²) in [5.74, 6) is 0.260. The van der Waals surface area contributed by atoms with Crippen molar-refractivity contribution in [1.82, 2.24) is 10.6 Å². The Hall–Kier alpha value is -1.56. The maximum absolute atomic E-state index is 13.2. The Labute approximate surface area is 149 Å². The molecule has 2 N–H and O–H groups in total. The number of ether oxygens (including phenoxy) is 1. The van der Waals surface area contributed by atoms with Crippen LogP contribution in [0.1, 0.15) is 32.3 Å². The monoisotopic (exact) mass is 344 g/mol. The van der Waals surface area contributed by atoms with Crippen molar-refractivity contribution in [3.63, 3.8) is 0 Å². The van der Waals surface area contributed by atoms with Gasteiger partial charge in [0.2, 0.25) is 0 Å². The maximum atomic E-state index is 13.2. The summed E-state index contributed by atoms with van der Waals surface area (Å²) in [5.41, 5.74) is 1.05. The fraction of sp³-hybridized carbons (Fsp3) is 0.600. The first-order chi connectivity index (χ1) is 12.1. The van der Waals surface area contributed by atoms with Crippen LogP contribution >= 0.6 is 0 Å². The SMILES string of the molecule is CC(C)C[C@H](OCc1ccccc1)C(=O)C1NCC[C@H]2NCC(=O)[C@@H]12. The normalized spacial score (nSPS) is 27.3. The van der Waals surface area contributed by atoms with Gasteiger partial charge in [-0.05, 0) is 30.9 Å². The number of rotatable bonds is 7. The molecule has 0 spiro atoms. The van der Waals surface area contributed by atoms with Gasteiger partial charge in [0.1, 0.15) is 6.10 Å². The Kier molecular flexibility index (Phi) is 5.99. The number of hydrogen-bond donors (Lipinski definition) is 2. The lowest BCUT2D eigenvalue weighted by atomic mass is 9.81. The average Bonchev–Trinajstić information content (AvgIpc) is 3.00. The van der Waals surface area contributed by atoms with E-state index in [1.807, 2.05) is 30.3 Å². The minimum atomic E-state index is -0.482. The van der Waals surface area contributed by atoms with Gasteiger partial charge in [0, 0.05) is 6.04 Å². The minimum Gasteiger partial charge on any atom is -0.366 e. The number of Topliss-reactive ketones (excluding diaryl/α,β-unsaturated/α-hetero) is 2. The van der Waals surface area contributed by atoms with Crippen LogP contribution in [0.3, 0.4) is 0 Å². The second kappa shape index (κ2) is 8.21. The molecule has 0 amide bonds. The third-order valence-corrected chi connectivity index (χ3v) is 5.13. The molecule has 4 atom stereocenters. The van der Waals surface area contributed by atoms with Crippen LogP contribution < -0.4 is 10.6 Å². The summed E-state index contributed by atoms with van der Waals surface area (Å²) in [6.45, 7) is 5.72. The molecule has 1 aromatic carbocycles. The van der Waals surface area contributed by atoms with Gasteiger partial charge in [-0.15, -0.1) is 0 Å². The highest BCUT2D eigenvalue weighted by Crippen LogP contribution is 2.26. The van der Waals surface area contributed by atoms with E-state index < -0.39 is 12.1 Å². The van der Waals surface area contributed by atoms with E-state index in [1.165, 1.54) is 0 Å². The molecule has 3 rings (SSSR count). The van der Waals surface area contributed by atoms with E-state index in [1.54, 1.807) is 0 Å². The van der Waals surface area contributed by atoms with Crippen LogP contribution in [-0.2, 0) is 20.9 Å². The van der Waals surface area contributed by atoms with Gasteiger partial charge >= 0.3 is 0 Å². The highest BCUT2D eigenvalue weighted by Gasteiger charge is 2.46. The second-order valence-electron chi connectivity index (χ2n) is 7.52. The number of benzene rings is 1. The van der Waals surface area contributed by atoms with Crippen molar-refractivity contribution in [2.24, 2.45) is 11.8 Å². The van der Waals surface area contributed by atoms with Crippen molar-refractivity contribution >= 4 is 11.6 Å². The number of carbonyl (C=O) groups excluding carboxylic acids is 2. The lowest BCUT2D eigenvalue weighted by molar-refractivity contribution is -0.139. The molecule has 0 bridgehead atoms. The third kappa shape index (κ3) is 4.35. The fourth-order valence-corrected chi connectivity index (χ4v) is 3.87. The van der Waals surface area contributed by atoms with Crippen molar-refractivity contribution in [1.29, 1.82) is 0 Å². The van der Waals surface area contributed by atoms with Gasteiger partial charge in [0.05, 0.1) is 25.1 Å². The molecule has 2 fully saturated rings. The molecule has 0 radical (unpaired) electrons. The fourth-order valence-electron chi connectivity index (χ4n) is 3.87. The van der Waals surface area contributed by atoms with Crippen molar-refractivity contribution in [3.05, 3.63) is 35.9 Å². The lowest BCUT2D eigenvalue weighted by Gasteiger charge is -2.34. The third-order valence-electron chi connectivity index (χ3n) is 5.13. The van der Waals surface area contributed by atoms with E-state index in [0.717, 1.165) is 18.5 Å². The molecule has 2 aliphatic rings. The maximum Gasteiger partial charge on any atom is 0.179 e. The first-order valence-corrected chi connectivity index (χ1v) is 9.25. The highest BCUT2D eigenvalue weighted by atomic mass is 16.5. The first kappa shape index (κ1) is 18.2. The van der Waals surface area contributed by atoms with E-state index in [-0.39, 0.29) is 23.5 Å². The van der Waals surface area contributed by atoms with Gasteiger partial charge in [0.25, 0.3) is 0 Å². The van der Waals surface area contributed by atoms with Gasteiger partial charge in [-0.2, -0.15) is 0 Å². The summed E-state index contributed by atoms with van der Waals surface area (Å²) in [7, 11) is 0. The predicted octanol–water partition coefficient (Wildman–Crippen LogP) is 1.71. The number of piperidine rings is 1. The molecule has 2 saturated heterocycles. The van der Waals surface area contributed by atoms with Crippen LogP contribution in [0.5, 0.6) is 0 Å². The standard InChI is InChI=1S/C20H28N2O3/c1-13(2)10-17(25-12-14-6-4-3-5-7-14)20(24)19-18-15(8-9-21-19)22-11-16(18)23/h3-7,13,15,17-19,21-22H,8-12H2,1-2H3/t15-,17+,18+,19?/m1/s1. The van der Waals surface area contributed by atoms with Crippen LogP contribution in [0.4, 0.5) is 0 Å². The van der Waals surface area contributed by atoms with Gasteiger partial charge in [-0.3, -0.25) is 9.59 Å². The minimum absolute atomic E-state index is 0.0244. The average molecular weight is 344 g/mol. The zero-order valence-corrected chi connectivity index (χ0v) is 15.0. The Balaban J connectivity index is 1.70. The molecule has 1 aromatic rings. The molecule has 0 aromatic heterocycles. The van der Waals surface area contributed by atoms with Gasteiger partial charge in [-0.25, -0.2) is 0 Å². The topological polar surface area (TPSA) is 67.4 Å². The molecule has 2 heterocycles. The summed E-state index contributed by atoms with van der Waals surface area (Å²) in [6.07, 6.45) is 1.08. The number of hydrogen-bond acceptors (Lipinski definition) is 5. The largest absolute Gasteiger partial charge is 0.366 e. The second-order valence-corrected chi connectivity index (χ2v) is 7.52. The molecule has 0 aliphatic carbocycles. The van der Waals surface area contributed by atoms with Gasteiger partial charge in [-0.1, -0.05) is 44.2 Å². The highest BCUT2D eigenvalue weighted by molar-refractivity contribution is 5.97. The summed E-state index contributed by atoms with van der Waals surface area (Å²) in [4.78, 5) is 25.4. The predicted molar refractivity (Wildman–Crippen MR) is 96.2 cm³/mol. The van der Waals surface area contributed by atoms with E-state index in [9.17, 15) is 9.59 Å². The van der Waals surface area contributed by atoms with E-state index in [4.69, 9.17) is 4.74 Å².